The van der Waals surface area contributed by atoms with E-state index in [4.69, 9.17) is 14.7 Å². The lowest BCUT2D eigenvalue weighted by Crippen LogP contribution is -2.47. The first-order chi connectivity index (χ1) is 14.3. The molecule has 1 saturated heterocycles. The highest BCUT2D eigenvalue weighted by Crippen LogP contribution is 2.24. The van der Waals surface area contributed by atoms with Crippen molar-refractivity contribution in [1.82, 2.24) is 19.9 Å². The van der Waals surface area contributed by atoms with Crippen LogP contribution in [0.2, 0.25) is 0 Å². The van der Waals surface area contributed by atoms with E-state index in [1.54, 1.807) is 19.5 Å². The van der Waals surface area contributed by atoms with Crippen molar-refractivity contribution in [2.45, 2.75) is 0 Å². The Morgan fingerprint density at radius 1 is 0.931 bits per heavy atom. The molecule has 0 spiro atoms. The molecule has 0 radical (unpaired) electrons. The number of anilines is 3. The molecule has 0 saturated carbocycles. The Bertz CT molecular complexity index is 899. The minimum atomic E-state index is 0.601. The van der Waals surface area contributed by atoms with Crippen molar-refractivity contribution < 1.29 is 4.74 Å². The lowest BCUT2D eigenvalue weighted by Gasteiger charge is -2.35. The third-order valence-corrected chi connectivity index (χ3v) is 4.81. The summed E-state index contributed by atoms with van der Waals surface area (Å²) in [4.78, 5) is 22.7. The van der Waals surface area contributed by atoms with Crippen LogP contribution in [-0.4, -0.2) is 66.4 Å². The molecule has 3 aromatic rings. The molecule has 0 unspecified atom stereocenters. The fraction of sp³-hybridized carbons (Fsp3) is 0.333. The maximum Gasteiger partial charge on any atom is 0.225 e. The van der Waals surface area contributed by atoms with Crippen molar-refractivity contribution in [3.63, 3.8) is 0 Å². The maximum atomic E-state index is 5.13. The summed E-state index contributed by atoms with van der Waals surface area (Å²) in [6.07, 6.45) is 3.56. The Morgan fingerprint density at radius 2 is 1.66 bits per heavy atom. The van der Waals surface area contributed by atoms with Gasteiger partial charge in [-0.2, -0.15) is 4.98 Å². The van der Waals surface area contributed by atoms with Crippen LogP contribution in [0.3, 0.4) is 0 Å². The van der Waals surface area contributed by atoms with Crippen molar-refractivity contribution in [2.24, 2.45) is 0 Å². The molecule has 1 aromatic carbocycles. The van der Waals surface area contributed by atoms with E-state index in [9.17, 15) is 0 Å². The zero-order valence-corrected chi connectivity index (χ0v) is 16.5. The van der Waals surface area contributed by atoms with Gasteiger partial charge in [-0.1, -0.05) is 30.3 Å². The summed E-state index contributed by atoms with van der Waals surface area (Å²) in [5.74, 6) is 2.32. The molecule has 29 heavy (non-hydrogen) atoms. The molecule has 8 heteroatoms. The van der Waals surface area contributed by atoms with Crippen molar-refractivity contribution in [3.8, 4) is 11.3 Å². The number of piperazine rings is 1. The van der Waals surface area contributed by atoms with E-state index >= 15 is 0 Å². The van der Waals surface area contributed by atoms with Crippen LogP contribution in [0.15, 0.2) is 54.9 Å². The highest BCUT2D eigenvalue weighted by Gasteiger charge is 2.21. The standard InChI is InChI=1S/C21H25N7O/c1-29-15-10-22-20-25-18(17-6-3-2-4-7-17)16-19(26-20)27-11-13-28(14-12-27)21-23-8-5-9-24-21/h2-9,16H,10-15H2,1H3,(H,22,25,26). The first-order valence-electron chi connectivity index (χ1n) is 9.78. The highest BCUT2D eigenvalue weighted by atomic mass is 16.5. The second-order valence-corrected chi connectivity index (χ2v) is 6.74. The van der Waals surface area contributed by atoms with E-state index in [1.165, 1.54) is 0 Å². The average molecular weight is 391 g/mol. The van der Waals surface area contributed by atoms with E-state index in [-0.39, 0.29) is 0 Å². The quantitative estimate of drug-likeness (QED) is 0.615. The van der Waals surface area contributed by atoms with Crippen LogP contribution in [0.25, 0.3) is 11.3 Å². The van der Waals surface area contributed by atoms with Crippen LogP contribution in [-0.2, 0) is 4.74 Å². The van der Waals surface area contributed by atoms with E-state index in [2.05, 4.69) is 43.3 Å². The van der Waals surface area contributed by atoms with Gasteiger partial charge < -0.3 is 19.9 Å². The summed E-state index contributed by atoms with van der Waals surface area (Å²) in [6.45, 7) is 4.65. The normalized spacial score (nSPS) is 14.1. The van der Waals surface area contributed by atoms with E-state index in [0.29, 0.717) is 19.1 Å². The van der Waals surface area contributed by atoms with Gasteiger partial charge in [0.1, 0.15) is 5.82 Å². The third kappa shape index (κ3) is 4.78. The molecule has 1 aliphatic rings. The summed E-state index contributed by atoms with van der Waals surface area (Å²) in [5, 5.41) is 3.27. The average Bonchev–Trinajstić information content (AvgIpc) is 2.80. The number of aromatic nitrogens is 4. The van der Waals surface area contributed by atoms with Gasteiger partial charge in [0.05, 0.1) is 12.3 Å². The second kappa shape index (κ2) is 9.29. The zero-order chi connectivity index (χ0) is 19.9. The Kier molecular flexibility index (Phi) is 6.11. The minimum absolute atomic E-state index is 0.601. The van der Waals surface area contributed by atoms with Gasteiger partial charge in [0.25, 0.3) is 0 Å². The summed E-state index contributed by atoms with van der Waals surface area (Å²) < 4.78 is 5.13. The van der Waals surface area contributed by atoms with Crippen LogP contribution in [0.1, 0.15) is 0 Å². The van der Waals surface area contributed by atoms with Gasteiger partial charge in [-0.15, -0.1) is 0 Å². The van der Waals surface area contributed by atoms with Crippen LogP contribution in [0.4, 0.5) is 17.7 Å². The van der Waals surface area contributed by atoms with Crippen molar-refractivity contribution in [1.29, 1.82) is 0 Å². The molecular weight excluding hydrogens is 366 g/mol. The smallest absolute Gasteiger partial charge is 0.225 e. The molecule has 150 valence electrons. The first kappa shape index (κ1) is 19.1. The molecule has 3 heterocycles. The van der Waals surface area contributed by atoms with Crippen molar-refractivity contribution in [3.05, 3.63) is 54.9 Å². The first-order valence-corrected chi connectivity index (χ1v) is 9.78. The lowest BCUT2D eigenvalue weighted by molar-refractivity contribution is 0.210. The number of methoxy groups -OCH3 is 1. The van der Waals surface area contributed by atoms with Crippen LogP contribution in [0, 0.1) is 0 Å². The highest BCUT2D eigenvalue weighted by molar-refractivity contribution is 5.65. The molecule has 1 N–H and O–H groups in total. The molecule has 8 nitrogen and oxygen atoms in total. The third-order valence-electron chi connectivity index (χ3n) is 4.81. The van der Waals surface area contributed by atoms with Crippen LogP contribution < -0.4 is 15.1 Å². The number of nitrogens with zero attached hydrogens (tertiary/aromatic N) is 6. The van der Waals surface area contributed by atoms with Crippen LogP contribution in [0.5, 0.6) is 0 Å². The molecule has 0 aliphatic carbocycles. The number of hydrogen-bond donors (Lipinski definition) is 1. The van der Waals surface area contributed by atoms with E-state index < -0.39 is 0 Å². The zero-order valence-electron chi connectivity index (χ0n) is 16.5. The molecule has 1 fully saturated rings. The summed E-state index contributed by atoms with van der Waals surface area (Å²) in [5.41, 5.74) is 1.98. The van der Waals surface area contributed by atoms with Gasteiger partial charge in [0.15, 0.2) is 0 Å². The van der Waals surface area contributed by atoms with Gasteiger partial charge in [-0.3, -0.25) is 0 Å². The number of rotatable bonds is 7. The molecule has 0 atom stereocenters. The molecule has 0 bridgehead atoms. The molecule has 0 amide bonds. The second-order valence-electron chi connectivity index (χ2n) is 6.74. The number of nitrogens with one attached hydrogen (secondary N) is 1. The van der Waals surface area contributed by atoms with Gasteiger partial charge >= 0.3 is 0 Å². The van der Waals surface area contributed by atoms with Crippen molar-refractivity contribution >= 4 is 17.7 Å². The fourth-order valence-corrected chi connectivity index (χ4v) is 3.29. The monoisotopic (exact) mass is 391 g/mol. The number of hydrogen-bond acceptors (Lipinski definition) is 8. The molecule has 1 aliphatic heterocycles. The topological polar surface area (TPSA) is 79.3 Å². The van der Waals surface area contributed by atoms with Crippen LogP contribution >= 0.6 is 0 Å². The molecule has 4 rings (SSSR count). The predicted molar refractivity (Wildman–Crippen MR) is 114 cm³/mol. The largest absolute Gasteiger partial charge is 0.383 e. The van der Waals surface area contributed by atoms with Gasteiger partial charge in [0.2, 0.25) is 11.9 Å². The van der Waals surface area contributed by atoms with Gasteiger partial charge in [-0.25, -0.2) is 15.0 Å². The lowest BCUT2D eigenvalue weighted by atomic mass is 10.1. The SMILES string of the molecule is COCCNc1nc(-c2ccccc2)cc(N2CCN(c3ncccn3)CC2)n1. The van der Waals surface area contributed by atoms with Crippen molar-refractivity contribution in [2.75, 3.05) is 61.6 Å². The molecule has 2 aromatic heterocycles. The van der Waals surface area contributed by atoms with E-state index in [0.717, 1.165) is 49.2 Å². The Morgan fingerprint density at radius 3 is 2.38 bits per heavy atom. The summed E-state index contributed by atoms with van der Waals surface area (Å²) >= 11 is 0. The van der Waals surface area contributed by atoms with E-state index in [1.807, 2.05) is 24.3 Å². The van der Waals surface area contributed by atoms with Gasteiger partial charge in [0, 0.05) is 63.9 Å². The Labute approximate surface area is 170 Å². The maximum absolute atomic E-state index is 5.13. The van der Waals surface area contributed by atoms with Gasteiger partial charge in [-0.05, 0) is 6.07 Å². The summed E-state index contributed by atoms with van der Waals surface area (Å²) in [7, 11) is 1.68. The Hall–Kier alpha value is -3.26. The predicted octanol–water partition coefficient (Wildman–Crippen LogP) is 2.32. The Balaban J connectivity index is 1.53. The number of benzene rings is 1. The fourth-order valence-electron chi connectivity index (χ4n) is 3.29. The summed E-state index contributed by atoms with van der Waals surface area (Å²) in [6, 6.07) is 14.1. The molecular formula is C21H25N7O. The minimum Gasteiger partial charge on any atom is -0.383 e. The number of ether oxygens (including phenoxy) is 1.